The van der Waals surface area contributed by atoms with Gasteiger partial charge in [-0.3, -0.25) is 0 Å². The Labute approximate surface area is 240 Å². The van der Waals surface area contributed by atoms with E-state index in [1.54, 1.807) is 0 Å². The summed E-state index contributed by atoms with van der Waals surface area (Å²) in [6.07, 6.45) is 8.25. The van der Waals surface area contributed by atoms with Gasteiger partial charge in [0.1, 0.15) is 0 Å². The third-order valence-corrected chi connectivity index (χ3v) is 9.44. The van der Waals surface area contributed by atoms with Crippen molar-refractivity contribution in [3.63, 3.8) is 0 Å². The van der Waals surface area contributed by atoms with Crippen LogP contribution in [0.25, 0.3) is 43.2 Å². The zero-order chi connectivity index (χ0) is 28.1. The first-order chi connectivity index (χ1) is 19.8. The molecule has 5 nitrogen and oxygen atoms in total. The van der Waals surface area contributed by atoms with Crippen molar-refractivity contribution >= 4 is 53.2 Å². The normalized spacial score (nSPS) is 16.0. The molecule has 2 heterocycles. The SMILES string of the molecule is Cn1cc(C2C=CN(Cc3cccc4c3ccc3c5ccccc5ccc43)CC2)c2cc(CCS(N)(=O)=O)ccc21. The van der Waals surface area contributed by atoms with E-state index >= 15 is 0 Å². The van der Waals surface area contributed by atoms with Crippen molar-refractivity contribution in [2.24, 2.45) is 12.2 Å². The van der Waals surface area contributed by atoms with Crippen LogP contribution < -0.4 is 5.14 Å². The molecule has 0 radical (unpaired) electrons. The van der Waals surface area contributed by atoms with Gasteiger partial charge in [0.2, 0.25) is 10.0 Å². The first-order valence-electron chi connectivity index (χ1n) is 14.2. The Balaban J connectivity index is 1.16. The number of nitrogens with two attached hydrogens (primary N) is 1. The molecule has 1 atom stereocenters. The molecule has 0 saturated carbocycles. The Morgan fingerprint density at radius 2 is 1.59 bits per heavy atom. The highest BCUT2D eigenvalue weighted by molar-refractivity contribution is 7.89. The third kappa shape index (κ3) is 4.88. The van der Waals surface area contributed by atoms with Gasteiger partial charge in [-0.1, -0.05) is 78.9 Å². The van der Waals surface area contributed by atoms with Gasteiger partial charge in [-0.15, -0.1) is 0 Å². The fourth-order valence-corrected chi connectivity index (χ4v) is 7.07. The zero-order valence-electron chi connectivity index (χ0n) is 23.1. The number of benzene rings is 5. The average Bonchev–Trinajstić information content (AvgIpc) is 3.31. The van der Waals surface area contributed by atoms with Crippen LogP contribution >= 0.6 is 0 Å². The van der Waals surface area contributed by atoms with Gasteiger partial charge in [-0.05, 0) is 80.2 Å². The van der Waals surface area contributed by atoms with Crippen LogP contribution in [-0.2, 0) is 30.0 Å². The van der Waals surface area contributed by atoms with E-state index in [1.807, 2.05) is 6.07 Å². The monoisotopic (exact) mass is 559 g/mol. The van der Waals surface area contributed by atoms with Gasteiger partial charge in [0, 0.05) is 43.2 Å². The minimum Gasteiger partial charge on any atom is -0.373 e. The molecule has 2 N–H and O–H groups in total. The topological polar surface area (TPSA) is 68.3 Å². The average molecular weight is 560 g/mol. The predicted octanol–water partition coefficient (Wildman–Crippen LogP) is 6.97. The molecule has 7 rings (SSSR count). The number of fused-ring (bicyclic) bond motifs is 6. The maximum absolute atomic E-state index is 11.5. The smallest absolute Gasteiger partial charge is 0.209 e. The molecular weight excluding hydrogens is 526 g/mol. The quantitative estimate of drug-likeness (QED) is 0.224. The van der Waals surface area contributed by atoms with Crippen LogP contribution in [0.4, 0.5) is 0 Å². The lowest BCUT2D eigenvalue weighted by Gasteiger charge is -2.28. The zero-order valence-corrected chi connectivity index (χ0v) is 23.9. The third-order valence-electron chi connectivity index (χ3n) is 8.66. The van der Waals surface area contributed by atoms with Crippen molar-refractivity contribution < 1.29 is 8.42 Å². The van der Waals surface area contributed by atoms with Gasteiger partial charge < -0.3 is 9.47 Å². The van der Waals surface area contributed by atoms with Crippen molar-refractivity contribution in [2.45, 2.75) is 25.3 Å². The number of hydrogen-bond donors (Lipinski definition) is 1. The Bertz CT molecular complexity index is 2090. The molecule has 0 spiro atoms. The van der Waals surface area contributed by atoms with Gasteiger partial charge in [0.05, 0.1) is 5.75 Å². The summed E-state index contributed by atoms with van der Waals surface area (Å²) in [7, 11) is -1.42. The standard InChI is InChI=1S/C35H33N3O2S/c1-37-23-34(33-21-24(9-14-35(33)37)17-20-41(36,39)40)26-15-18-38(19-16-26)22-27-6-4-8-30-29(27)12-13-31-28-7-3-2-5-25(28)10-11-32(30)31/h2-15,18,21,23,26H,16-17,19-20,22H2,1H3,(H2,36,39,40). The van der Waals surface area contributed by atoms with E-state index in [0.29, 0.717) is 12.3 Å². The second-order valence-electron chi connectivity index (χ2n) is 11.3. The van der Waals surface area contributed by atoms with Crippen LogP contribution in [0, 0.1) is 0 Å². The van der Waals surface area contributed by atoms with Gasteiger partial charge in [0.15, 0.2) is 0 Å². The molecule has 6 aromatic rings. The lowest BCUT2D eigenvalue weighted by Crippen LogP contribution is -2.23. The van der Waals surface area contributed by atoms with Crippen molar-refractivity contribution in [3.05, 3.63) is 120 Å². The molecule has 41 heavy (non-hydrogen) atoms. The molecule has 6 heteroatoms. The highest BCUT2D eigenvalue weighted by atomic mass is 32.2. The molecule has 0 aliphatic carbocycles. The number of nitrogens with zero attached hydrogens (tertiary/aromatic N) is 2. The van der Waals surface area contributed by atoms with Crippen LogP contribution in [0.15, 0.2) is 103 Å². The number of allylic oxidation sites excluding steroid dienone is 1. The van der Waals surface area contributed by atoms with E-state index in [-0.39, 0.29) is 5.75 Å². The summed E-state index contributed by atoms with van der Waals surface area (Å²) in [6, 6.07) is 30.6. The molecule has 1 aliphatic heterocycles. The Hall–Kier alpha value is -4.13. The molecular formula is C35H33N3O2S. The van der Waals surface area contributed by atoms with Crippen LogP contribution in [0.3, 0.4) is 0 Å². The van der Waals surface area contributed by atoms with E-state index < -0.39 is 10.0 Å². The maximum atomic E-state index is 11.5. The van der Waals surface area contributed by atoms with E-state index in [9.17, 15) is 8.42 Å². The molecule has 0 bridgehead atoms. The molecule has 206 valence electrons. The summed E-state index contributed by atoms with van der Waals surface area (Å²) in [5, 5.41) is 14.2. The lowest BCUT2D eigenvalue weighted by atomic mass is 9.92. The molecule has 0 saturated heterocycles. The second-order valence-corrected chi connectivity index (χ2v) is 13.1. The molecule has 5 aromatic carbocycles. The predicted molar refractivity (Wildman–Crippen MR) is 170 cm³/mol. The van der Waals surface area contributed by atoms with Crippen molar-refractivity contribution in [2.75, 3.05) is 12.3 Å². The van der Waals surface area contributed by atoms with Crippen LogP contribution in [0.1, 0.15) is 29.0 Å². The van der Waals surface area contributed by atoms with Gasteiger partial charge in [0.25, 0.3) is 0 Å². The van der Waals surface area contributed by atoms with Crippen molar-refractivity contribution in [1.82, 2.24) is 9.47 Å². The van der Waals surface area contributed by atoms with Crippen molar-refractivity contribution in [3.8, 4) is 0 Å². The van der Waals surface area contributed by atoms with Crippen LogP contribution in [0.2, 0.25) is 0 Å². The maximum Gasteiger partial charge on any atom is 0.209 e. The summed E-state index contributed by atoms with van der Waals surface area (Å²) in [5.41, 5.74) is 4.79. The lowest BCUT2D eigenvalue weighted by molar-refractivity contribution is 0.338. The fourth-order valence-electron chi connectivity index (χ4n) is 6.55. The molecule has 0 amide bonds. The Morgan fingerprint density at radius 1 is 0.829 bits per heavy atom. The summed E-state index contributed by atoms with van der Waals surface area (Å²) >= 11 is 0. The Morgan fingerprint density at radius 3 is 2.41 bits per heavy atom. The number of aromatic nitrogens is 1. The van der Waals surface area contributed by atoms with Gasteiger partial charge in [-0.2, -0.15) is 0 Å². The first kappa shape index (κ1) is 25.8. The van der Waals surface area contributed by atoms with Gasteiger partial charge >= 0.3 is 0 Å². The van der Waals surface area contributed by atoms with E-state index in [0.717, 1.165) is 30.6 Å². The minimum absolute atomic E-state index is 0.0421. The number of primary sulfonamides is 1. The van der Waals surface area contributed by atoms with Crippen molar-refractivity contribution in [1.29, 1.82) is 0 Å². The Kier molecular flexibility index (Phi) is 6.33. The minimum atomic E-state index is -3.49. The molecule has 1 unspecified atom stereocenters. The largest absolute Gasteiger partial charge is 0.373 e. The summed E-state index contributed by atoms with van der Waals surface area (Å²) in [4.78, 5) is 2.42. The number of hydrogen-bond acceptors (Lipinski definition) is 3. The van der Waals surface area contributed by atoms with E-state index in [4.69, 9.17) is 5.14 Å². The van der Waals surface area contributed by atoms with E-state index in [1.165, 1.54) is 48.8 Å². The van der Waals surface area contributed by atoms with Crippen LogP contribution in [0.5, 0.6) is 0 Å². The summed E-state index contributed by atoms with van der Waals surface area (Å²) in [5.74, 6) is 0.271. The number of rotatable bonds is 6. The van der Waals surface area contributed by atoms with Crippen LogP contribution in [-0.4, -0.2) is 30.2 Å². The van der Waals surface area contributed by atoms with Gasteiger partial charge in [-0.25, -0.2) is 13.6 Å². The molecule has 1 aliphatic rings. The summed E-state index contributed by atoms with van der Waals surface area (Å²) in [6.45, 7) is 1.84. The summed E-state index contributed by atoms with van der Waals surface area (Å²) < 4.78 is 25.1. The molecule has 0 fully saturated rings. The highest BCUT2D eigenvalue weighted by Gasteiger charge is 2.20. The second kappa shape index (κ2) is 10.1. The number of sulfonamides is 1. The number of aryl methyl sites for hydroxylation is 2. The first-order valence-corrected chi connectivity index (χ1v) is 15.9. The fraction of sp³-hybridized carbons (Fsp3) is 0.200. The highest BCUT2D eigenvalue weighted by Crippen LogP contribution is 2.35. The van der Waals surface area contributed by atoms with E-state index in [2.05, 4.69) is 114 Å². The molecule has 1 aromatic heterocycles.